The first-order valence-electron chi connectivity index (χ1n) is 7.09. The van der Waals surface area contributed by atoms with Crippen LogP contribution < -0.4 is 5.73 Å². The van der Waals surface area contributed by atoms with Gasteiger partial charge in [0.25, 0.3) is 0 Å². The minimum atomic E-state index is -1.16. The summed E-state index contributed by atoms with van der Waals surface area (Å²) in [6.45, 7) is 3.25. The molecule has 0 spiro atoms. The molecule has 120 valence electrons. The van der Waals surface area contributed by atoms with Crippen molar-refractivity contribution < 1.29 is 19.5 Å². The van der Waals surface area contributed by atoms with Gasteiger partial charge in [0.15, 0.2) is 0 Å². The SMILES string of the molecule is CCC1CN(C)CCCN1C(=O)N(CC(N)=O)CC(=O)O. The quantitative estimate of drug-likeness (QED) is 0.704. The van der Waals surface area contributed by atoms with E-state index in [1.807, 2.05) is 14.0 Å². The van der Waals surface area contributed by atoms with Gasteiger partial charge < -0.3 is 25.5 Å². The second-order valence-electron chi connectivity index (χ2n) is 5.37. The molecule has 1 heterocycles. The van der Waals surface area contributed by atoms with Gasteiger partial charge in [-0.3, -0.25) is 9.59 Å². The monoisotopic (exact) mass is 300 g/mol. The molecule has 3 N–H and O–H groups in total. The number of hydrogen-bond acceptors (Lipinski definition) is 4. The molecule has 3 amide bonds. The maximum Gasteiger partial charge on any atom is 0.323 e. The molecule has 0 aliphatic carbocycles. The van der Waals surface area contributed by atoms with Crippen molar-refractivity contribution in [2.45, 2.75) is 25.8 Å². The van der Waals surface area contributed by atoms with Gasteiger partial charge in [0.2, 0.25) is 5.91 Å². The van der Waals surface area contributed by atoms with Crippen molar-refractivity contribution in [1.82, 2.24) is 14.7 Å². The number of nitrogens with zero attached hydrogens (tertiary/aromatic N) is 3. The molecule has 8 heteroatoms. The molecule has 1 saturated heterocycles. The Labute approximate surface area is 124 Å². The second kappa shape index (κ2) is 7.82. The van der Waals surface area contributed by atoms with E-state index in [2.05, 4.69) is 4.90 Å². The lowest BCUT2D eigenvalue weighted by molar-refractivity contribution is -0.138. The average molecular weight is 300 g/mol. The van der Waals surface area contributed by atoms with Crippen molar-refractivity contribution in [2.24, 2.45) is 5.73 Å². The van der Waals surface area contributed by atoms with Crippen LogP contribution in [0.3, 0.4) is 0 Å². The molecule has 1 unspecified atom stereocenters. The Hall–Kier alpha value is -1.83. The standard InChI is InChI=1S/C13H24N4O4/c1-3-10-7-15(2)5-4-6-17(10)13(21)16(8-11(14)18)9-12(19)20/h10H,3-9H2,1-2H3,(H2,14,18)(H,19,20). The number of urea groups is 1. The minimum absolute atomic E-state index is 0.00849. The van der Waals surface area contributed by atoms with Gasteiger partial charge in [-0.15, -0.1) is 0 Å². The van der Waals surface area contributed by atoms with Crippen LogP contribution in [0.15, 0.2) is 0 Å². The largest absolute Gasteiger partial charge is 0.480 e. The van der Waals surface area contributed by atoms with Crippen molar-refractivity contribution in [3.05, 3.63) is 0 Å². The maximum absolute atomic E-state index is 12.6. The Bertz CT molecular complexity index is 386. The van der Waals surface area contributed by atoms with E-state index in [1.165, 1.54) is 0 Å². The Kier molecular flexibility index (Phi) is 6.41. The molecule has 1 atom stereocenters. The number of likely N-dealkylation sites (N-methyl/N-ethyl adjacent to an activating group) is 1. The third-order valence-corrected chi connectivity index (χ3v) is 3.56. The molecule has 1 fully saturated rings. The highest BCUT2D eigenvalue weighted by atomic mass is 16.4. The van der Waals surface area contributed by atoms with Gasteiger partial charge in [0, 0.05) is 19.1 Å². The predicted octanol–water partition coefficient (Wildman–Crippen LogP) is -0.606. The van der Waals surface area contributed by atoms with E-state index in [4.69, 9.17) is 10.8 Å². The van der Waals surface area contributed by atoms with Crippen LogP contribution in [-0.2, 0) is 9.59 Å². The Balaban J connectivity index is 2.87. The fourth-order valence-electron chi connectivity index (χ4n) is 2.57. The Morgan fingerprint density at radius 3 is 2.48 bits per heavy atom. The minimum Gasteiger partial charge on any atom is -0.480 e. The highest BCUT2D eigenvalue weighted by Crippen LogP contribution is 2.14. The normalized spacial score (nSPS) is 19.9. The molecule has 1 aliphatic heterocycles. The van der Waals surface area contributed by atoms with Crippen LogP contribution in [0.1, 0.15) is 19.8 Å². The number of aliphatic carboxylic acids is 1. The number of hydrogen-bond donors (Lipinski definition) is 2. The van der Waals surface area contributed by atoms with E-state index in [0.29, 0.717) is 6.54 Å². The molecule has 0 radical (unpaired) electrons. The van der Waals surface area contributed by atoms with E-state index in [-0.39, 0.29) is 12.6 Å². The zero-order valence-corrected chi connectivity index (χ0v) is 12.6. The van der Waals surface area contributed by atoms with Crippen molar-refractivity contribution in [2.75, 3.05) is 39.8 Å². The van der Waals surface area contributed by atoms with Crippen LogP contribution in [0.2, 0.25) is 0 Å². The first kappa shape index (κ1) is 17.2. The fourth-order valence-corrected chi connectivity index (χ4v) is 2.57. The summed E-state index contributed by atoms with van der Waals surface area (Å²) in [7, 11) is 2.00. The van der Waals surface area contributed by atoms with Gasteiger partial charge in [-0.2, -0.15) is 0 Å². The lowest BCUT2D eigenvalue weighted by atomic mass is 10.2. The fraction of sp³-hybridized carbons (Fsp3) is 0.769. The first-order chi connectivity index (χ1) is 9.85. The van der Waals surface area contributed by atoms with Crippen LogP contribution in [-0.4, -0.2) is 83.5 Å². The summed E-state index contributed by atoms with van der Waals surface area (Å²) in [5, 5.41) is 8.89. The molecular weight excluding hydrogens is 276 g/mol. The van der Waals surface area contributed by atoms with E-state index in [9.17, 15) is 14.4 Å². The summed E-state index contributed by atoms with van der Waals surface area (Å²) >= 11 is 0. The number of nitrogens with two attached hydrogens (primary N) is 1. The molecule has 21 heavy (non-hydrogen) atoms. The molecule has 0 aromatic carbocycles. The third-order valence-electron chi connectivity index (χ3n) is 3.56. The summed E-state index contributed by atoms with van der Waals surface area (Å²) in [5.74, 6) is -1.88. The van der Waals surface area contributed by atoms with Gasteiger partial charge in [-0.05, 0) is 26.4 Å². The topological polar surface area (TPSA) is 107 Å². The summed E-state index contributed by atoms with van der Waals surface area (Å²) < 4.78 is 0. The lowest BCUT2D eigenvalue weighted by Crippen LogP contribution is -2.52. The molecule has 1 rings (SSSR count). The molecular formula is C13H24N4O4. The van der Waals surface area contributed by atoms with Crippen molar-refractivity contribution in [3.63, 3.8) is 0 Å². The molecule has 1 aliphatic rings. The van der Waals surface area contributed by atoms with Gasteiger partial charge >= 0.3 is 12.0 Å². The van der Waals surface area contributed by atoms with Gasteiger partial charge in [0.05, 0.1) is 0 Å². The molecule has 0 aromatic rings. The summed E-state index contributed by atoms with van der Waals surface area (Å²) in [4.78, 5) is 39.3. The average Bonchev–Trinajstić information content (AvgIpc) is 2.57. The predicted molar refractivity (Wildman–Crippen MR) is 76.7 cm³/mol. The van der Waals surface area contributed by atoms with Crippen LogP contribution in [0, 0.1) is 0 Å². The summed E-state index contributed by atoms with van der Waals surface area (Å²) in [6, 6.07) is -0.424. The molecule has 0 bridgehead atoms. The smallest absolute Gasteiger partial charge is 0.323 e. The van der Waals surface area contributed by atoms with Crippen molar-refractivity contribution >= 4 is 17.9 Å². The van der Waals surface area contributed by atoms with Crippen molar-refractivity contribution in [3.8, 4) is 0 Å². The number of carbonyl (C=O) groups is 3. The molecule has 0 saturated carbocycles. The summed E-state index contributed by atoms with van der Waals surface area (Å²) in [6.07, 6.45) is 1.59. The summed E-state index contributed by atoms with van der Waals surface area (Å²) in [5.41, 5.74) is 5.10. The number of amides is 3. The molecule has 8 nitrogen and oxygen atoms in total. The van der Waals surface area contributed by atoms with E-state index in [1.54, 1.807) is 4.90 Å². The van der Waals surface area contributed by atoms with Crippen LogP contribution in [0.5, 0.6) is 0 Å². The number of rotatable bonds is 5. The Morgan fingerprint density at radius 1 is 1.29 bits per heavy atom. The Morgan fingerprint density at radius 2 is 1.95 bits per heavy atom. The maximum atomic E-state index is 12.6. The van der Waals surface area contributed by atoms with E-state index >= 15 is 0 Å². The zero-order valence-electron chi connectivity index (χ0n) is 12.6. The van der Waals surface area contributed by atoms with Crippen LogP contribution >= 0.6 is 0 Å². The van der Waals surface area contributed by atoms with E-state index < -0.39 is 24.5 Å². The number of carbonyl (C=O) groups excluding carboxylic acids is 2. The molecule has 0 aromatic heterocycles. The van der Waals surface area contributed by atoms with Gasteiger partial charge in [-0.25, -0.2) is 4.79 Å². The highest BCUT2D eigenvalue weighted by molar-refractivity contribution is 5.86. The number of primary amides is 1. The second-order valence-corrected chi connectivity index (χ2v) is 5.37. The van der Waals surface area contributed by atoms with E-state index in [0.717, 1.165) is 30.8 Å². The first-order valence-corrected chi connectivity index (χ1v) is 7.09. The van der Waals surface area contributed by atoms with Crippen LogP contribution in [0.25, 0.3) is 0 Å². The third kappa shape index (κ3) is 5.22. The number of carboxylic acid groups (broad SMARTS) is 1. The van der Waals surface area contributed by atoms with Crippen molar-refractivity contribution in [1.29, 1.82) is 0 Å². The lowest BCUT2D eigenvalue weighted by Gasteiger charge is -2.34. The van der Waals surface area contributed by atoms with Gasteiger partial charge in [-0.1, -0.05) is 6.92 Å². The zero-order chi connectivity index (χ0) is 16.0. The van der Waals surface area contributed by atoms with Gasteiger partial charge in [0.1, 0.15) is 13.1 Å². The van der Waals surface area contributed by atoms with Crippen LogP contribution in [0.4, 0.5) is 4.79 Å². The highest BCUT2D eigenvalue weighted by Gasteiger charge is 2.30. The number of carboxylic acids is 1.